The van der Waals surface area contributed by atoms with Gasteiger partial charge in [-0.05, 0) is 68.3 Å². The maximum atomic E-state index is 13.3. The average Bonchev–Trinajstić information content (AvgIpc) is 2.84. The molecule has 0 aromatic heterocycles. The van der Waals surface area contributed by atoms with Gasteiger partial charge in [0, 0.05) is 16.6 Å². The SMILES string of the molecule is CC(C)Oc1ccc(Cl)cc1CC1CNC(=O)CN(S(=O)(=O)c2ccc(Cl)cc2)C1=O. The van der Waals surface area contributed by atoms with E-state index in [4.69, 9.17) is 27.9 Å². The third kappa shape index (κ3) is 5.50. The Labute approximate surface area is 191 Å². The van der Waals surface area contributed by atoms with Gasteiger partial charge in [0.1, 0.15) is 12.3 Å². The number of benzene rings is 2. The van der Waals surface area contributed by atoms with Crippen LogP contribution in [0.15, 0.2) is 47.4 Å². The minimum Gasteiger partial charge on any atom is -0.491 e. The summed E-state index contributed by atoms with van der Waals surface area (Å²) in [4.78, 5) is 25.3. The number of nitrogens with zero attached hydrogens (tertiary/aromatic N) is 1. The summed E-state index contributed by atoms with van der Waals surface area (Å²) in [6.45, 7) is 3.15. The maximum absolute atomic E-state index is 13.3. The second-order valence-electron chi connectivity index (χ2n) is 7.43. The monoisotopic (exact) mass is 484 g/mol. The second kappa shape index (κ2) is 9.46. The Kier molecular flexibility index (Phi) is 7.13. The molecule has 31 heavy (non-hydrogen) atoms. The molecule has 2 aromatic rings. The van der Waals surface area contributed by atoms with Crippen molar-refractivity contribution in [1.82, 2.24) is 9.62 Å². The largest absolute Gasteiger partial charge is 0.491 e. The number of hydrogen-bond acceptors (Lipinski definition) is 5. The normalized spacial score (nSPS) is 17.5. The van der Waals surface area contributed by atoms with Gasteiger partial charge in [-0.2, -0.15) is 0 Å². The Morgan fingerprint density at radius 3 is 2.39 bits per heavy atom. The van der Waals surface area contributed by atoms with E-state index < -0.39 is 34.3 Å². The van der Waals surface area contributed by atoms with Crippen molar-refractivity contribution in [2.75, 3.05) is 13.1 Å². The molecule has 0 spiro atoms. The summed E-state index contributed by atoms with van der Waals surface area (Å²) in [6, 6.07) is 10.5. The fraction of sp³-hybridized carbons (Fsp3) is 0.333. The van der Waals surface area contributed by atoms with Crippen molar-refractivity contribution in [2.24, 2.45) is 5.92 Å². The van der Waals surface area contributed by atoms with Crippen LogP contribution in [0.4, 0.5) is 0 Å². The van der Waals surface area contributed by atoms with E-state index in [1.54, 1.807) is 18.2 Å². The van der Waals surface area contributed by atoms with E-state index in [2.05, 4.69) is 5.32 Å². The van der Waals surface area contributed by atoms with Gasteiger partial charge in [0.15, 0.2) is 0 Å². The lowest BCUT2D eigenvalue weighted by Crippen LogP contribution is -2.42. The van der Waals surface area contributed by atoms with Crippen molar-refractivity contribution in [1.29, 1.82) is 0 Å². The smallest absolute Gasteiger partial charge is 0.266 e. The van der Waals surface area contributed by atoms with Crippen LogP contribution >= 0.6 is 23.2 Å². The number of amides is 2. The molecule has 0 bridgehead atoms. The van der Waals surface area contributed by atoms with Crippen molar-refractivity contribution in [2.45, 2.75) is 31.3 Å². The minimum atomic E-state index is -4.24. The number of carbonyl (C=O) groups excluding carboxylic acids is 2. The predicted octanol–water partition coefficient (Wildman–Crippen LogP) is 3.29. The molecular formula is C21H22Cl2N2O5S. The van der Waals surface area contributed by atoms with E-state index in [9.17, 15) is 18.0 Å². The first-order valence-electron chi connectivity index (χ1n) is 9.62. The van der Waals surface area contributed by atoms with Crippen molar-refractivity contribution in [3.05, 3.63) is 58.1 Å². The molecule has 1 fully saturated rings. The molecule has 1 N–H and O–H groups in total. The highest BCUT2D eigenvalue weighted by molar-refractivity contribution is 7.89. The molecule has 7 nitrogen and oxygen atoms in total. The van der Waals surface area contributed by atoms with Gasteiger partial charge in [0.2, 0.25) is 11.8 Å². The first-order valence-corrected chi connectivity index (χ1v) is 11.8. The van der Waals surface area contributed by atoms with Crippen molar-refractivity contribution in [3.8, 4) is 5.75 Å². The second-order valence-corrected chi connectivity index (χ2v) is 10.2. The van der Waals surface area contributed by atoms with Crippen molar-refractivity contribution >= 4 is 45.0 Å². The molecule has 1 heterocycles. The molecular weight excluding hydrogens is 463 g/mol. The van der Waals surface area contributed by atoms with Crippen molar-refractivity contribution < 1.29 is 22.7 Å². The first kappa shape index (κ1) is 23.4. The van der Waals surface area contributed by atoms with Crippen LogP contribution in [0.3, 0.4) is 0 Å². The third-order valence-electron chi connectivity index (χ3n) is 4.68. The van der Waals surface area contributed by atoms with Crippen LogP contribution in [-0.4, -0.2) is 43.7 Å². The third-order valence-corrected chi connectivity index (χ3v) is 6.93. The van der Waals surface area contributed by atoms with Gasteiger partial charge in [-0.15, -0.1) is 0 Å². The topological polar surface area (TPSA) is 92.8 Å². The molecule has 2 aromatic carbocycles. The summed E-state index contributed by atoms with van der Waals surface area (Å²) < 4.78 is 32.6. The number of ether oxygens (including phenoxy) is 1. The van der Waals surface area contributed by atoms with Crippen LogP contribution in [0, 0.1) is 5.92 Å². The highest BCUT2D eigenvalue weighted by Gasteiger charge is 2.38. The van der Waals surface area contributed by atoms with Crippen LogP contribution in [0.2, 0.25) is 10.0 Å². The molecule has 0 aliphatic carbocycles. The average molecular weight is 485 g/mol. The Bertz CT molecular complexity index is 1090. The predicted molar refractivity (Wildman–Crippen MR) is 118 cm³/mol. The molecule has 10 heteroatoms. The number of halogens is 2. The van der Waals surface area contributed by atoms with E-state index >= 15 is 0 Å². The van der Waals surface area contributed by atoms with Gasteiger partial charge < -0.3 is 10.1 Å². The van der Waals surface area contributed by atoms with Gasteiger partial charge in [0.05, 0.1) is 16.9 Å². The molecule has 3 rings (SSSR count). The lowest BCUT2D eigenvalue weighted by Gasteiger charge is -2.24. The molecule has 0 radical (unpaired) electrons. The minimum absolute atomic E-state index is 0.00205. The fourth-order valence-corrected chi connectivity index (χ4v) is 4.96. The first-order chi connectivity index (χ1) is 14.6. The zero-order valence-electron chi connectivity index (χ0n) is 17.0. The van der Waals surface area contributed by atoms with E-state index in [1.165, 1.54) is 24.3 Å². The highest BCUT2D eigenvalue weighted by Crippen LogP contribution is 2.29. The summed E-state index contributed by atoms with van der Waals surface area (Å²) in [5.41, 5.74) is 0.652. The Hall–Kier alpha value is -2.29. The Morgan fingerprint density at radius 2 is 1.74 bits per heavy atom. The number of nitrogens with one attached hydrogen (secondary N) is 1. The Balaban J connectivity index is 1.94. The van der Waals surface area contributed by atoms with Crippen LogP contribution in [0.5, 0.6) is 5.75 Å². The van der Waals surface area contributed by atoms with Gasteiger partial charge in [0.25, 0.3) is 10.0 Å². The lowest BCUT2D eigenvalue weighted by atomic mass is 9.97. The van der Waals surface area contributed by atoms with Crippen LogP contribution in [-0.2, 0) is 26.0 Å². The number of rotatable bonds is 6. The van der Waals surface area contributed by atoms with Gasteiger partial charge in [-0.3, -0.25) is 9.59 Å². The van der Waals surface area contributed by atoms with Gasteiger partial charge >= 0.3 is 0 Å². The summed E-state index contributed by atoms with van der Waals surface area (Å²) in [5, 5.41) is 3.44. The molecule has 166 valence electrons. The molecule has 1 aliphatic heterocycles. The quantitative estimate of drug-likeness (QED) is 0.678. The summed E-state index contributed by atoms with van der Waals surface area (Å²) in [6.07, 6.45) is 0.0419. The zero-order chi connectivity index (χ0) is 22.8. The molecule has 1 unspecified atom stereocenters. The number of sulfonamides is 1. The lowest BCUT2D eigenvalue weighted by molar-refractivity contribution is -0.131. The molecule has 1 atom stereocenters. The van der Waals surface area contributed by atoms with Gasteiger partial charge in [-0.25, -0.2) is 12.7 Å². The summed E-state index contributed by atoms with van der Waals surface area (Å²) in [7, 11) is -4.24. The molecule has 2 amide bonds. The van der Waals surface area contributed by atoms with E-state index in [1.807, 2.05) is 13.8 Å². The summed E-state index contributed by atoms with van der Waals surface area (Å²) >= 11 is 12.0. The number of hydrogen-bond donors (Lipinski definition) is 1. The molecule has 0 saturated carbocycles. The van der Waals surface area contributed by atoms with Crippen LogP contribution in [0.1, 0.15) is 19.4 Å². The van der Waals surface area contributed by atoms with E-state index in [0.29, 0.717) is 25.7 Å². The Morgan fingerprint density at radius 1 is 1.10 bits per heavy atom. The highest BCUT2D eigenvalue weighted by atomic mass is 35.5. The van der Waals surface area contributed by atoms with Crippen LogP contribution < -0.4 is 10.1 Å². The molecule has 1 aliphatic rings. The molecule has 1 saturated heterocycles. The number of carbonyl (C=O) groups is 2. The van der Waals surface area contributed by atoms with Crippen LogP contribution in [0.25, 0.3) is 0 Å². The summed E-state index contributed by atoms with van der Waals surface area (Å²) in [5.74, 6) is -1.50. The zero-order valence-corrected chi connectivity index (χ0v) is 19.3. The van der Waals surface area contributed by atoms with E-state index in [-0.39, 0.29) is 24.0 Å². The van der Waals surface area contributed by atoms with Crippen molar-refractivity contribution in [3.63, 3.8) is 0 Å². The van der Waals surface area contributed by atoms with Gasteiger partial charge in [-0.1, -0.05) is 23.2 Å². The maximum Gasteiger partial charge on any atom is 0.266 e. The van der Waals surface area contributed by atoms with E-state index in [0.717, 1.165) is 0 Å². The standard InChI is InChI=1S/C21H22Cl2N2O5S/c1-13(2)30-19-8-5-17(23)10-14(19)9-15-11-24-20(26)12-25(21(15)27)31(28,29)18-6-3-16(22)4-7-18/h3-8,10,13,15H,9,11-12H2,1-2H3,(H,24,26). The fourth-order valence-electron chi connectivity index (χ4n) is 3.23.